The number of nitrogens with one attached hydrogen (secondary N) is 1. The zero-order valence-corrected chi connectivity index (χ0v) is 13.1. The van der Waals surface area contributed by atoms with Crippen molar-refractivity contribution in [1.82, 2.24) is 5.32 Å². The lowest BCUT2D eigenvalue weighted by Crippen LogP contribution is -2.38. The summed E-state index contributed by atoms with van der Waals surface area (Å²) >= 11 is 0. The van der Waals surface area contributed by atoms with Crippen LogP contribution >= 0.6 is 0 Å². The first kappa shape index (κ1) is 15.8. The van der Waals surface area contributed by atoms with E-state index in [0.29, 0.717) is 5.92 Å². The Balaban J connectivity index is 1.86. The Morgan fingerprint density at radius 2 is 1.95 bits per heavy atom. The molecule has 1 saturated heterocycles. The van der Waals surface area contributed by atoms with Crippen molar-refractivity contribution in [3.05, 3.63) is 29.8 Å². The molecule has 3 N–H and O–H groups in total. The largest absolute Gasteiger partial charge is 0.372 e. The van der Waals surface area contributed by atoms with Gasteiger partial charge in [-0.1, -0.05) is 19.1 Å². The van der Waals surface area contributed by atoms with E-state index in [-0.39, 0.29) is 11.9 Å². The Kier molecular flexibility index (Phi) is 5.62. The standard InChI is InChI=1S/C17H27N3O/c1-3-17(18)15-4-6-16(7-5-15)20-10-8-14(9-11-20)12-19-13(2)21/h4-7,14,17H,3,8-12,18H2,1-2H3,(H,19,21)/t17-/m1/s1. The van der Waals surface area contributed by atoms with Crippen molar-refractivity contribution in [3.8, 4) is 0 Å². The number of benzene rings is 1. The molecule has 1 atom stereocenters. The zero-order valence-electron chi connectivity index (χ0n) is 13.1. The van der Waals surface area contributed by atoms with Gasteiger partial charge in [0.15, 0.2) is 0 Å². The second-order valence-electron chi connectivity index (χ2n) is 5.97. The minimum atomic E-state index is 0.0697. The van der Waals surface area contributed by atoms with Gasteiger partial charge in [-0.3, -0.25) is 4.79 Å². The number of nitrogens with two attached hydrogens (primary N) is 1. The van der Waals surface area contributed by atoms with E-state index >= 15 is 0 Å². The number of rotatable bonds is 5. The highest BCUT2D eigenvalue weighted by atomic mass is 16.1. The molecule has 0 bridgehead atoms. The molecule has 1 amide bonds. The molecule has 0 aromatic heterocycles. The average Bonchev–Trinajstić information content (AvgIpc) is 2.53. The summed E-state index contributed by atoms with van der Waals surface area (Å²) in [6.07, 6.45) is 3.24. The second kappa shape index (κ2) is 7.46. The maximum absolute atomic E-state index is 11.0. The van der Waals surface area contributed by atoms with Crippen molar-refractivity contribution in [2.24, 2.45) is 11.7 Å². The predicted molar refractivity (Wildman–Crippen MR) is 87.3 cm³/mol. The van der Waals surface area contributed by atoms with Crippen LogP contribution < -0.4 is 16.0 Å². The van der Waals surface area contributed by atoms with Crippen LogP contribution in [0, 0.1) is 5.92 Å². The first-order valence-corrected chi connectivity index (χ1v) is 7.95. The number of amides is 1. The maximum atomic E-state index is 11.0. The van der Waals surface area contributed by atoms with Gasteiger partial charge in [-0.05, 0) is 42.9 Å². The average molecular weight is 289 g/mol. The molecule has 116 valence electrons. The van der Waals surface area contributed by atoms with E-state index < -0.39 is 0 Å². The van der Waals surface area contributed by atoms with Crippen molar-refractivity contribution in [1.29, 1.82) is 0 Å². The predicted octanol–water partition coefficient (Wildman–Crippen LogP) is 2.45. The molecule has 0 radical (unpaired) electrons. The molecule has 1 heterocycles. The Bertz CT molecular complexity index is 450. The molecule has 1 aliphatic heterocycles. The minimum absolute atomic E-state index is 0.0697. The second-order valence-corrected chi connectivity index (χ2v) is 5.97. The highest BCUT2D eigenvalue weighted by Gasteiger charge is 2.19. The first-order chi connectivity index (χ1) is 10.1. The number of nitrogens with zero attached hydrogens (tertiary/aromatic N) is 1. The molecule has 21 heavy (non-hydrogen) atoms. The van der Waals surface area contributed by atoms with Crippen molar-refractivity contribution in [2.45, 2.75) is 39.2 Å². The van der Waals surface area contributed by atoms with Gasteiger partial charge in [-0.15, -0.1) is 0 Å². The van der Waals surface area contributed by atoms with Gasteiger partial charge in [-0.25, -0.2) is 0 Å². The van der Waals surface area contributed by atoms with Gasteiger partial charge in [0, 0.05) is 38.3 Å². The van der Waals surface area contributed by atoms with Crippen LogP contribution in [0.25, 0.3) is 0 Å². The van der Waals surface area contributed by atoms with Crippen LogP contribution in [0.2, 0.25) is 0 Å². The monoisotopic (exact) mass is 289 g/mol. The van der Waals surface area contributed by atoms with Crippen LogP contribution in [0.15, 0.2) is 24.3 Å². The Labute approximate surface area is 127 Å². The molecule has 1 aliphatic rings. The van der Waals surface area contributed by atoms with E-state index in [1.807, 2.05) is 0 Å². The van der Waals surface area contributed by atoms with Crippen molar-refractivity contribution >= 4 is 11.6 Å². The fraction of sp³-hybridized carbons (Fsp3) is 0.588. The fourth-order valence-electron chi connectivity index (χ4n) is 2.85. The van der Waals surface area contributed by atoms with E-state index in [1.54, 1.807) is 6.92 Å². The van der Waals surface area contributed by atoms with Crippen LogP contribution in [-0.4, -0.2) is 25.5 Å². The summed E-state index contributed by atoms with van der Waals surface area (Å²) in [7, 11) is 0. The van der Waals surface area contributed by atoms with E-state index in [4.69, 9.17) is 5.73 Å². The highest BCUT2D eigenvalue weighted by Crippen LogP contribution is 2.24. The zero-order chi connectivity index (χ0) is 15.2. The SMILES string of the molecule is CC[C@@H](N)c1ccc(N2CCC(CNC(C)=O)CC2)cc1. The molecular weight excluding hydrogens is 262 g/mol. The summed E-state index contributed by atoms with van der Waals surface area (Å²) in [5, 5.41) is 2.92. The molecular formula is C17H27N3O. The summed E-state index contributed by atoms with van der Waals surface area (Å²) in [6, 6.07) is 8.79. The van der Waals surface area contributed by atoms with Gasteiger partial charge < -0.3 is 16.0 Å². The third kappa shape index (κ3) is 4.46. The summed E-state index contributed by atoms with van der Waals surface area (Å²) in [4.78, 5) is 13.4. The molecule has 1 fully saturated rings. The maximum Gasteiger partial charge on any atom is 0.216 e. The molecule has 2 rings (SSSR count). The van der Waals surface area contributed by atoms with Crippen LogP contribution in [0.5, 0.6) is 0 Å². The normalized spacial score (nSPS) is 17.6. The molecule has 4 nitrogen and oxygen atoms in total. The van der Waals surface area contributed by atoms with E-state index in [2.05, 4.69) is 41.4 Å². The lowest BCUT2D eigenvalue weighted by atomic mass is 9.96. The van der Waals surface area contributed by atoms with Crippen LogP contribution in [-0.2, 0) is 4.79 Å². The molecule has 0 unspecified atom stereocenters. The summed E-state index contributed by atoms with van der Waals surface area (Å²) < 4.78 is 0. The highest BCUT2D eigenvalue weighted by molar-refractivity contribution is 5.72. The van der Waals surface area contributed by atoms with Crippen molar-refractivity contribution < 1.29 is 4.79 Å². The lowest BCUT2D eigenvalue weighted by molar-refractivity contribution is -0.119. The minimum Gasteiger partial charge on any atom is -0.372 e. The summed E-state index contributed by atoms with van der Waals surface area (Å²) in [5.41, 5.74) is 8.54. The van der Waals surface area contributed by atoms with Crippen LogP contribution in [0.3, 0.4) is 0 Å². The number of piperidine rings is 1. The Hall–Kier alpha value is -1.55. The molecule has 0 aliphatic carbocycles. The topological polar surface area (TPSA) is 58.4 Å². The Morgan fingerprint density at radius 3 is 2.48 bits per heavy atom. The van der Waals surface area contributed by atoms with Gasteiger partial charge in [0.1, 0.15) is 0 Å². The van der Waals surface area contributed by atoms with Gasteiger partial charge in [0.05, 0.1) is 0 Å². The summed E-state index contributed by atoms with van der Waals surface area (Å²) in [5.74, 6) is 0.679. The molecule has 1 aromatic rings. The van der Waals surface area contributed by atoms with Crippen LogP contribution in [0.4, 0.5) is 5.69 Å². The molecule has 0 saturated carbocycles. The number of carbonyl (C=O) groups is 1. The van der Waals surface area contributed by atoms with E-state index in [1.165, 1.54) is 11.3 Å². The number of hydrogen-bond acceptors (Lipinski definition) is 3. The van der Waals surface area contributed by atoms with Gasteiger partial charge in [0.25, 0.3) is 0 Å². The van der Waals surface area contributed by atoms with Gasteiger partial charge >= 0.3 is 0 Å². The number of carbonyl (C=O) groups excluding carboxylic acids is 1. The third-order valence-corrected chi connectivity index (χ3v) is 4.38. The summed E-state index contributed by atoms with van der Waals surface area (Å²) in [6.45, 7) is 6.62. The third-order valence-electron chi connectivity index (χ3n) is 4.38. The molecule has 4 heteroatoms. The fourth-order valence-corrected chi connectivity index (χ4v) is 2.85. The smallest absolute Gasteiger partial charge is 0.216 e. The lowest BCUT2D eigenvalue weighted by Gasteiger charge is -2.33. The van der Waals surface area contributed by atoms with Gasteiger partial charge in [0.2, 0.25) is 5.91 Å². The van der Waals surface area contributed by atoms with E-state index in [0.717, 1.165) is 38.9 Å². The van der Waals surface area contributed by atoms with Crippen molar-refractivity contribution in [2.75, 3.05) is 24.5 Å². The molecule has 0 spiro atoms. The van der Waals surface area contributed by atoms with Gasteiger partial charge in [-0.2, -0.15) is 0 Å². The van der Waals surface area contributed by atoms with Crippen LogP contribution in [0.1, 0.15) is 44.7 Å². The Morgan fingerprint density at radius 1 is 1.33 bits per heavy atom. The van der Waals surface area contributed by atoms with E-state index in [9.17, 15) is 4.79 Å². The van der Waals surface area contributed by atoms with Crippen molar-refractivity contribution in [3.63, 3.8) is 0 Å². The molecule has 1 aromatic carbocycles. The number of anilines is 1. The number of hydrogen-bond donors (Lipinski definition) is 2. The first-order valence-electron chi connectivity index (χ1n) is 7.95. The quantitative estimate of drug-likeness (QED) is 0.875.